The SMILES string of the molecule is CC1=C[C@H]2[C@@H](C1=O)[C@@H]1C(=O)C(C)=C[C@@H]1C21CCCC1. The summed E-state index contributed by atoms with van der Waals surface area (Å²) in [4.78, 5) is 25.0. The van der Waals surface area contributed by atoms with Gasteiger partial charge in [0.1, 0.15) is 0 Å². The Labute approximate surface area is 113 Å². The van der Waals surface area contributed by atoms with Gasteiger partial charge in [0.25, 0.3) is 0 Å². The van der Waals surface area contributed by atoms with Crippen LogP contribution >= 0.6 is 0 Å². The molecular formula is C17H20O2. The van der Waals surface area contributed by atoms with Crippen LogP contribution in [0.1, 0.15) is 39.5 Å². The fourth-order valence-electron chi connectivity index (χ4n) is 5.50. The van der Waals surface area contributed by atoms with Crippen molar-refractivity contribution in [2.75, 3.05) is 0 Å². The van der Waals surface area contributed by atoms with Gasteiger partial charge in [0.15, 0.2) is 11.6 Å². The molecule has 4 aliphatic rings. The van der Waals surface area contributed by atoms with E-state index in [2.05, 4.69) is 12.2 Å². The molecule has 0 heterocycles. The maximum absolute atomic E-state index is 12.5. The first-order valence-corrected chi connectivity index (χ1v) is 7.51. The molecule has 0 unspecified atom stereocenters. The van der Waals surface area contributed by atoms with Crippen LogP contribution in [0.15, 0.2) is 23.3 Å². The molecular weight excluding hydrogens is 236 g/mol. The molecule has 2 nitrogen and oxygen atoms in total. The highest BCUT2D eigenvalue weighted by molar-refractivity contribution is 6.08. The van der Waals surface area contributed by atoms with E-state index in [0.29, 0.717) is 11.8 Å². The zero-order valence-electron chi connectivity index (χ0n) is 11.6. The average Bonchev–Trinajstić information content (AvgIpc) is 3.08. The van der Waals surface area contributed by atoms with E-state index in [0.717, 1.165) is 11.1 Å². The van der Waals surface area contributed by atoms with Gasteiger partial charge in [-0.15, -0.1) is 0 Å². The molecule has 2 saturated carbocycles. The van der Waals surface area contributed by atoms with Crippen LogP contribution in [0.4, 0.5) is 0 Å². The van der Waals surface area contributed by atoms with Crippen molar-refractivity contribution >= 4 is 11.6 Å². The Bertz CT molecular complexity index is 502. The van der Waals surface area contributed by atoms with Crippen LogP contribution in [0.3, 0.4) is 0 Å². The maximum Gasteiger partial charge on any atom is 0.162 e. The second-order valence-electron chi connectivity index (χ2n) is 6.97. The fraction of sp³-hybridized carbons (Fsp3) is 0.647. The van der Waals surface area contributed by atoms with E-state index in [1.807, 2.05) is 13.8 Å². The molecule has 0 aliphatic heterocycles. The summed E-state index contributed by atoms with van der Waals surface area (Å²) >= 11 is 0. The lowest BCUT2D eigenvalue weighted by Crippen LogP contribution is -2.28. The Morgan fingerprint density at radius 1 is 0.895 bits per heavy atom. The van der Waals surface area contributed by atoms with Crippen molar-refractivity contribution in [3.8, 4) is 0 Å². The predicted octanol–water partition coefficient (Wildman–Crippen LogP) is 3.08. The molecule has 100 valence electrons. The largest absolute Gasteiger partial charge is 0.294 e. The van der Waals surface area contributed by atoms with Gasteiger partial charge >= 0.3 is 0 Å². The number of hydrogen-bond acceptors (Lipinski definition) is 2. The highest BCUT2D eigenvalue weighted by atomic mass is 16.1. The first kappa shape index (κ1) is 11.6. The minimum absolute atomic E-state index is 0.0377. The molecule has 0 amide bonds. The lowest BCUT2D eigenvalue weighted by molar-refractivity contribution is -0.127. The lowest BCUT2D eigenvalue weighted by Gasteiger charge is -2.33. The average molecular weight is 256 g/mol. The van der Waals surface area contributed by atoms with Crippen LogP contribution in [0.25, 0.3) is 0 Å². The van der Waals surface area contributed by atoms with Crippen molar-refractivity contribution in [2.45, 2.75) is 39.5 Å². The number of ketones is 2. The van der Waals surface area contributed by atoms with Crippen LogP contribution in [-0.4, -0.2) is 11.6 Å². The first-order valence-electron chi connectivity index (χ1n) is 7.51. The number of Topliss-reactive ketones (excluding diaryl/α,β-unsaturated/α-hetero) is 2. The summed E-state index contributed by atoms with van der Waals surface area (Å²) < 4.78 is 0. The van der Waals surface area contributed by atoms with Crippen molar-refractivity contribution in [1.82, 2.24) is 0 Å². The zero-order valence-corrected chi connectivity index (χ0v) is 11.6. The number of allylic oxidation sites excluding steroid dienone is 4. The van der Waals surface area contributed by atoms with Gasteiger partial charge in [0, 0.05) is 11.8 Å². The third-order valence-corrected chi connectivity index (χ3v) is 6.26. The number of rotatable bonds is 0. The van der Waals surface area contributed by atoms with Gasteiger partial charge in [0.05, 0.1) is 0 Å². The van der Waals surface area contributed by atoms with Gasteiger partial charge in [0.2, 0.25) is 0 Å². The summed E-state index contributed by atoms with van der Waals surface area (Å²) in [7, 11) is 0. The molecule has 1 spiro atoms. The normalized spacial score (nSPS) is 42.6. The summed E-state index contributed by atoms with van der Waals surface area (Å²) in [5.41, 5.74) is 2.02. The van der Waals surface area contributed by atoms with E-state index in [-0.39, 0.29) is 28.8 Å². The Morgan fingerprint density at radius 3 is 1.74 bits per heavy atom. The quantitative estimate of drug-likeness (QED) is 0.667. The number of carbonyl (C=O) groups is 2. The standard InChI is InChI=1S/C17H20O2/c1-9-7-11-13(15(9)18)14-12(8-10(2)16(14)19)17(11)5-3-4-6-17/h7-8,11-14H,3-6H2,1-2H3/t11-,12-,13+,14+/m0/s1. The molecule has 2 heteroatoms. The van der Waals surface area contributed by atoms with Crippen LogP contribution in [0.2, 0.25) is 0 Å². The molecule has 19 heavy (non-hydrogen) atoms. The molecule has 0 aromatic heterocycles. The fourth-order valence-corrected chi connectivity index (χ4v) is 5.50. The third kappa shape index (κ3) is 1.19. The summed E-state index contributed by atoms with van der Waals surface area (Å²) in [5, 5.41) is 0. The lowest BCUT2D eigenvalue weighted by atomic mass is 9.70. The number of carbonyl (C=O) groups excluding carboxylic acids is 2. The molecule has 0 saturated heterocycles. The molecule has 0 aromatic rings. The van der Waals surface area contributed by atoms with E-state index in [9.17, 15) is 9.59 Å². The second kappa shape index (κ2) is 3.47. The van der Waals surface area contributed by atoms with Gasteiger partial charge < -0.3 is 0 Å². The van der Waals surface area contributed by atoms with Gasteiger partial charge in [-0.1, -0.05) is 25.0 Å². The minimum atomic E-state index is -0.0377. The van der Waals surface area contributed by atoms with Crippen molar-refractivity contribution in [3.05, 3.63) is 23.3 Å². The molecule has 4 aliphatic carbocycles. The van der Waals surface area contributed by atoms with Crippen molar-refractivity contribution < 1.29 is 9.59 Å². The summed E-state index contributed by atoms with van der Waals surface area (Å²) in [6.45, 7) is 3.86. The van der Waals surface area contributed by atoms with Gasteiger partial charge in [-0.2, -0.15) is 0 Å². The molecule has 0 aromatic carbocycles. The molecule has 0 radical (unpaired) electrons. The Kier molecular flexibility index (Phi) is 2.13. The molecule has 4 rings (SSSR count). The Morgan fingerprint density at radius 2 is 1.32 bits per heavy atom. The number of hydrogen-bond donors (Lipinski definition) is 0. The van der Waals surface area contributed by atoms with E-state index >= 15 is 0 Å². The van der Waals surface area contributed by atoms with E-state index in [1.54, 1.807) is 0 Å². The summed E-state index contributed by atoms with van der Waals surface area (Å²) in [6, 6.07) is 0. The Hall–Kier alpha value is -1.18. The highest BCUT2D eigenvalue weighted by Crippen LogP contribution is 2.67. The zero-order chi connectivity index (χ0) is 13.4. The second-order valence-corrected chi connectivity index (χ2v) is 6.97. The van der Waals surface area contributed by atoms with Crippen LogP contribution in [0, 0.1) is 29.1 Å². The smallest absolute Gasteiger partial charge is 0.162 e. The number of fused-ring (bicyclic) bond motifs is 5. The van der Waals surface area contributed by atoms with Crippen molar-refractivity contribution in [3.63, 3.8) is 0 Å². The third-order valence-electron chi connectivity index (χ3n) is 6.26. The van der Waals surface area contributed by atoms with Crippen LogP contribution in [0.5, 0.6) is 0 Å². The monoisotopic (exact) mass is 256 g/mol. The molecule has 2 fully saturated rings. The van der Waals surface area contributed by atoms with E-state index < -0.39 is 0 Å². The molecule has 0 bridgehead atoms. The van der Waals surface area contributed by atoms with E-state index in [4.69, 9.17) is 0 Å². The van der Waals surface area contributed by atoms with Gasteiger partial charge in [-0.3, -0.25) is 9.59 Å². The van der Waals surface area contributed by atoms with Gasteiger partial charge in [-0.05, 0) is 55.1 Å². The summed E-state index contributed by atoms with van der Waals surface area (Å²) in [6.07, 6.45) is 9.32. The first-order chi connectivity index (χ1) is 9.06. The van der Waals surface area contributed by atoms with Crippen LogP contribution < -0.4 is 0 Å². The van der Waals surface area contributed by atoms with Crippen molar-refractivity contribution in [1.29, 1.82) is 0 Å². The molecule has 4 atom stereocenters. The maximum atomic E-state index is 12.5. The highest BCUT2D eigenvalue weighted by Gasteiger charge is 2.66. The topological polar surface area (TPSA) is 34.1 Å². The predicted molar refractivity (Wildman–Crippen MR) is 72.4 cm³/mol. The van der Waals surface area contributed by atoms with Crippen molar-refractivity contribution in [2.24, 2.45) is 29.1 Å². The summed E-state index contributed by atoms with van der Waals surface area (Å²) in [5.74, 6) is 1.10. The molecule has 0 N–H and O–H groups in total. The van der Waals surface area contributed by atoms with Gasteiger partial charge in [-0.25, -0.2) is 0 Å². The van der Waals surface area contributed by atoms with Crippen LogP contribution in [-0.2, 0) is 9.59 Å². The van der Waals surface area contributed by atoms with E-state index in [1.165, 1.54) is 25.7 Å². The Balaban J connectivity index is 1.88. The minimum Gasteiger partial charge on any atom is -0.294 e.